The van der Waals surface area contributed by atoms with Crippen LogP contribution in [0.3, 0.4) is 0 Å². The molecule has 1 atom stereocenters. The Bertz CT molecular complexity index is 555. The molecule has 1 unspecified atom stereocenters. The normalized spacial score (nSPS) is 12.4. The molecule has 0 saturated heterocycles. The predicted molar refractivity (Wildman–Crippen MR) is 74.3 cm³/mol. The van der Waals surface area contributed by atoms with E-state index in [1.165, 1.54) is 0 Å². The minimum Gasteiger partial charge on any atom is -0.496 e. The van der Waals surface area contributed by atoms with Gasteiger partial charge in [0, 0.05) is 24.2 Å². The standard InChI is InChI=1S/C13H17ClN4O/c1-9(13-17-16-8-18(13)2)15-7-10-6-11(14)4-5-12(10)19-3/h4-6,8-9,15H,7H2,1-3H3. The molecule has 0 aliphatic heterocycles. The summed E-state index contributed by atoms with van der Waals surface area (Å²) in [5.41, 5.74) is 1.02. The van der Waals surface area contributed by atoms with Gasteiger partial charge in [-0.2, -0.15) is 0 Å². The van der Waals surface area contributed by atoms with Gasteiger partial charge in [0.1, 0.15) is 17.9 Å². The highest BCUT2D eigenvalue weighted by atomic mass is 35.5. The molecule has 0 radical (unpaired) electrons. The summed E-state index contributed by atoms with van der Waals surface area (Å²) in [4.78, 5) is 0. The number of nitrogens with zero attached hydrogens (tertiary/aromatic N) is 3. The van der Waals surface area contributed by atoms with Crippen molar-refractivity contribution >= 4 is 11.6 Å². The molecule has 0 fully saturated rings. The van der Waals surface area contributed by atoms with Crippen LogP contribution in [0.2, 0.25) is 5.02 Å². The monoisotopic (exact) mass is 280 g/mol. The average molecular weight is 281 g/mol. The Morgan fingerprint density at radius 2 is 2.26 bits per heavy atom. The third kappa shape index (κ3) is 3.24. The first-order valence-electron chi connectivity index (χ1n) is 6.01. The Labute approximate surface area is 117 Å². The van der Waals surface area contributed by atoms with Gasteiger partial charge in [-0.25, -0.2) is 0 Å². The molecule has 102 valence electrons. The van der Waals surface area contributed by atoms with Gasteiger partial charge in [0.15, 0.2) is 0 Å². The molecular formula is C13H17ClN4O. The fourth-order valence-electron chi connectivity index (χ4n) is 1.92. The highest BCUT2D eigenvalue weighted by molar-refractivity contribution is 6.30. The van der Waals surface area contributed by atoms with E-state index in [4.69, 9.17) is 16.3 Å². The van der Waals surface area contributed by atoms with Crippen LogP contribution in [0.15, 0.2) is 24.5 Å². The molecule has 0 saturated carbocycles. The molecular weight excluding hydrogens is 264 g/mol. The van der Waals surface area contributed by atoms with Gasteiger partial charge in [-0.05, 0) is 25.1 Å². The number of aromatic nitrogens is 3. The van der Waals surface area contributed by atoms with E-state index in [0.29, 0.717) is 11.6 Å². The quantitative estimate of drug-likeness (QED) is 0.913. The van der Waals surface area contributed by atoms with E-state index >= 15 is 0 Å². The number of aryl methyl sites for hydroxylation is 1. The number of halogens is 1. The summed E-state index contributed by atoms with van der Waals surface area (Å²) in [6, 6.07) is 5.68. The van der Waals surface area contributed by atoms with Gasteiger partial charge in [0.2, 0.25) is 0 Å². The van der Waals surface area contributed by atoms with Gasteiger partial charge in [-0.1, -0.05) is 11.6 Å². The molecule has 0 bridgehead atoms. The van der Waals surface area contributed by atoms with Crippen molar-refractivity contribution in [3.05, 3.63) is 40.9 Å². The van der Waals surface area contributed by atoms with Gasteiger partial charge in [-0.3, -0.25) is 0 Å². The molecule has 0 amide bonds. The van der Waals surface area contributed by atoms with Crippen LogP contribution in [0.25, 0.3) is 0 Å². The lowest BCUT2D eigenvalue weighted by Crippen LogP contribution is -2.21. The zero-order valence-electron chi connectivity index (χ0n) is 11.2. The Morgan fingerprint density at radius 3 is 2.89 bits per heavy atom. The number of nitrogens with one attached hydrogen (secondary N) is 1. The van der Waals surface area contributed by atoms with Crippen molar-refractivity contribution in [3.8, 4) is 5.75 Å². The molecule has 2 aromatic rings. The van der Waals surface area contributed by atoms with Crippen molar-refractivity contribution in [1.82, 2.24) is 20.1 Å². The first-order chi connectivity index (χ1) is 9.11. The molecule has 0 aliphatic carbocycles. The summed E-state index contributed by atoms with van der Waals surface area (Å²) in [5.74, 6) is 1.71. The minimum atomic E-state index is 0.0937. The van der Waals surface area contributed by atoms with Gasteiger partial charge in [0.05, 0.1) is 13.2 Å². The summed E-state index contributed by atoms with van der Waals surface area (Å²) in [5, 5.41) is 12.0. The van der Waals surface area contributed by atoms with Gasteiger partial charge in [0.25, 0.3) is 0 Å². The molecule has 1 heterocycles. The van der Waals surface area contributed by atoms with E-state index in [1.807, 2.05) is 36.7 Å². The number of methoxy groups -OCH3 is 1. The van der Waals surface area contributed by atoms with Crippen molar-refractivity contribution in [3.63, 3.8) is 0 Å². The van der Waals surface area contributed by atoms with E-state index in [9.17, 15) is 0 Å². The fourth-order valence-corrected chi connectivity index (χ4v) is 2.12. The van der Waals surface area contributed by atoms with Crippen LogP contribution in [0.4, 0.5) is 0 Å². The Morgan fingerprint density at radius 1 is 1.47 bits per heavy atom. The molecule has 6 heteroatoms. The lowest BCUT2D eigenvalue weighted by atomic mass is 10.2. The third-order valence-corrected chi connectivity index (χ3v) is 3.21. The number of hydrogen-bond donors (Lipinski definition) is 1. The molecule has 1 aromatic carbocycles. The fraction of sp³-hybridized carbons (Fsp3) is 0.385. The summed E-state index contributed by atoms with van der Waals surface area (Å²) >= 11 is 6.00. The van der Waals surface area contributed by atoms with Crippen molar-refractivity contribution in [2.24, 2.45) is 7.05 Å². The number of rotatable bonds is 5. The zero-order chi connectivity index (χ0) is 13.8. The van der Waals surface area contributed by atoms with E-state index in [2.05, 4.69) is 15.5 Å². The summed E-state index contributed by atoms with van der Waals surface area (Å²) < 4.78 is 7.21. The minimum absolute atomic E-state index is 0.0937. The number of benzene rings is 1. The van der Waals surface area contributed by atoms with Crippen molar-refractivity contribution in [2.45, 2.75) is 19.5 Å². The molecule has 1 N–H and O–H groups in total. The highest BCUT2D eigenvalue weighted by Crippen LogP contribution is 2.23. The van der Waals surface area contributed by atoms with E-state index in [-0.39, 0.29) is 6.04 Å². The topological polar surface area (TPSA) is 52.0 Å². The number of ether oxygens (including phenoxy) is 1. The van der Waals surface area contributed by atoms with E-state index < -0.39 is 0 Å². The summed E-state index contributed by atoms with van der Waals surface area (Å²) in [7, 11) is 3.58. The lowest BCUT2D eigenvalue weighted by Gasteiger charge is -2.15. The van der Waals surface area contributed by atoms with Gasteiger partial charge < -0.3 is 14.6 Å². The molecule has 19 heavy (non-hydrogen) atoms. The van der Waals surface area contributed by atoms with Crippen LogP contribution in [0, 0.1) is 0 Å². The molecule has 0 spiro atoms. The van der Waals surface area contributed by atoms with Crippen molar-refractivity contribution < 1.29 is 4.74 Å². The first kappa shape index (κ1) is 13.8. The Balaban J connectivity index is 2.06. The van der Waals surface area contributed by atoms with Crippen molar-refractivity contribution in [2.75, 3.05) is 7.11 Å². The Hall–Kier alpha value is -1.59. The maximum absolute atomic E-state index is 6.00. The highest BCUT2D eigenvalue weighted by Gasteiger charge is 2.12. The molecule has 1 aromatic heterocycles. The van der Waals surface area contributed by atoms with Crippen LogP contribution >= 0.6 is 11.6 Å². The van der Waals surface area contributed by atoms with E-state index in [0.717, 1.165) is 17.1 Å². The van der Waals surface area contributed by atoms with Crippen molar-refractivity contribution in [1.29, 1.82) is 0 Å². The maximum Gasteiger partial charge on any atom is 0.149 e. The zero-order valence-corrected chi connectivity index (χ0v) is 12.0. The summed E-state index contributed by atoms with van der Waals surface area (Å²) in [6.07, 6.45) is 1.69. The Kier molecular flexibility index (Phi) is 4.39. The van der Waals surface area contributed by atoms with Crippen LogP contribution in [0.1, 0.15) is 24.4 Å². The SMILES string of the molecule is COc1ccc(Cl)cc1CNC(C)c1nncn1C. The molecule has 5 nitrogen and oxygen atoms in total. The van der Waals surface area contributed by atoms with Crippen LogP contribution < -0.4 is 10.1 Å². The van der Waals surface area contributed by atoms with Gasteiger partial charge in [-0.15, -0.1) is 10.2 Å². The average Bonchev–Trinajstić information content (AvgIpc) is 2.82. The first-order valence-corrected chi connectivity index (χ1v) is 6.39. The lowest BCUT2D eigenvalue weighted by molar-refractivity contribution is 0.405. The predicted octanol–water partition coefficient (Wildman–Crippen LogP) is 2.33. The smallest absolute Gasteiger partial charge is 0.149 e. The maximum atomic E-state index is 6.00. The largest absolute Gasteiger partial charge is 0.496 e. The third-order valence-electron chi connectivity index (χ3n) is 2.97. The number of hydrogen-bond acceptors (Lipinski definition) is 4. The second-order valence-electron chi connectivity index (χ2n) is 4.36. The van der Waals surface area contributed by atoms with Crippen LogP contribution in [-0.2, 0) is 13.6 Å². The van der Waals surface area contributed by atoms with Crippen LogP contribution in [0.5, 0.6) is 5.75 Å². The summed E-state index contributed by atoms with van der Waals surface area (Å²) in [6.45, 7) is 2.69. The molecule has 2 rings (SSSR count). The van der Waals surface area contributed by atoms with Crippen LogP contribution in [-0.4, -0.2) is 21.9 Å². The van der Waals surface area contributed by atoms with Gasteiger partial charge >= 0.3 is 0 Å². The van der Waals surface area contributed by atoms with E-state index in [1.54, 1.807) is 13.4 Å². The molecule has 0 aliphatic rings. The second kappa shape index (κ2) is 6.04. The second-order valence-corrected chi connectivity index (χ2v) is 4.80.